The zero-order valence-electron chi connectivity index (χ0n) is 10.5. The average Bonchev–Trinajstić information content (AvgIpc) is 2.71. The van der Waals surface area contributed by atoms with Crippen molar-refractivity contribution in [3.63, 3.8) is 0 Å². The molecule has 1 N–H and O–H groups in total. The summed E-state index contributed by atoms with van der Waals surface area (Å²) >= 11 is 0. The van der Waals surface area contributed by atoms with Gasteiger partial charge < -0.3 is 5.32 Å². The maximum atomic E-state index is 4.32. The van der Waals surface area contributed by atoms with Gasteiger partial charge in [0, 0.05) is 19.8 Å². The van der Waals surface area contributed by atoms with E-state index < -0.39 is 0 Å². The highest BCUT2D eigenvalue weighted by Gasteiger charge is 1.97. The Morgan fingerprint density at radius 3 is 2.88 bits per heavy atom. The summed E-state index contributed by atoms with van der Waals surface area (Å²) in [4.78, 5) is 0. The number of aryl methyl sites for hydroxylation is 2. The van der Waals surface area contributed by atoms with Crippen molar-refractivity contribution in [3.8, 4) is 0 Å². The predicted molar refractivity (Wildman–Crippen MR) is 69.8 cm³/mol. The highest BCUT2D eigenvalue weighted by Crippen LogP contribution is 2.04. The van der Waals surface area contributed by atoms with E-state index in [0.717, 1.165) is 25.2 Å². The summed E-state index contributed by atoms with van der Waals surface area (Å²) in [5.41, 5.74) is 3.81. The minimum atomic E-state index is 0.840. The minimum absolute atomic E-state index is 0.840. The van der Waals surface area contributed by atoms with Crippen LogP contribution in [0.3, 0.4) is 0 Å². The SMILES string of the molecule is Cc1cccc(CCNCc2ccn(C)n2)c1. The highest BCUT2D eigenvalue weighted by molar-refractivity contribution is 5.22. The highest BCUT2D eigenvalue weighted by atomic mass is 15.3. The van der Waals surface area contributed by atoms with Crippen LogP contribution in [-0.2, 0) is 20.0 Å². The van der Waals surface area contributed by atoms with E-state index in [1.165, 1.54) is 11.1 Å². The van der Waals surface area contributed by atoms with Crippen molar-refractivity contribution < 1.29 is 0 Å². The third-order valence-corrected chi connectivity index (χ3v) is 2.75. The van der Waals surface area contributed by atoms with Gasteiger partial charge in [-0.1, -0.05) is 29.8 Å². The van der Waals surface area contributed by atoms with Crippen molar-refractivity contribution in [3.05, 3.63) is 53.3 Å². The predicted octanol–water partition coefficient (Wildman–Crippen LogP) is 2.06. The molecule has 17 heavy (non-hydrogen) atoms. The molecule has 0 aliphatic carbocycles. The maximum Gasteiger partial charge on any atom is 0.0762 e. The Hall–Kier alpha value is -1.61. The first-order valence-electron chi connectivity index (χ1n) is 5.99. The van der Waals surface area contributed by atoms with E-state index in [2.05, 4.69) is 41.6 Å². The molecule has 2 aromatic rings. The Balaban J connectivity index is 1.73. The summed E-state index contributed by atoms with van der Waals surface area (Å²) in [6.07, 6.45) is 3.03. The Morgan fingerprint density at radius 1 is 1.29 bits per heavy atom. The van der Waals surface area contributed by atoms with E-state index in [9.17, 15) is 0 Å². The number of rotatable bonds is 5. The zero-order valence-corrected chi connectivity index (χ0v) is 10.5. The summed E-state index contributed by atoms with van der Waals surface area (Å²) in [7, 11) is 1.94. The molecule has 0 saturated heterocycles. The van der Waals surface area contributed by atoms with Crippen LogP contribution in [0.2, 0.25) is 0 Å². The lowest BCUT2D eigenvalue weighted by Crippen LogP contribution is -2.17. The van der Waals surface area contributed by atoms with Crippen LogP contribution in [-0.4, -0.2) is 16.3 Å². The zero-order chi connectivity index (χ0) is 12.1. The van der Waals surface area contributed by atoms with Crippen molar-refractivity contribution in [1.29, 1.82) is 0 Å². The van der Waals surface area contributed by atoms with Crippen LogP contribution in [0.1, 0.15) is 16.8 Å². The quantitative estimate of drug-likeness (QED) is 0.795. The molecule has 3 heteroatoms. The smallest absolute Gasteiger partial charge is 0.0762 e. The number of hydrogen-bond acceptors (Lipinski definition) is 2. The third kappa shape index (κ3) is 3.71. The molecule has 0 fully saturated rings. The molecule has 1 aromatic carbocycles. The van der Waals surface area contributed by atoms with E-state index in [1.807, 2.05) is 24.0 Å². The van der Waals surface area contributed by atoms with Gasteiger partial charge in [-0.25, -0.2) is 0 Å². The number of nitrogens with one attached hydrogen (secondary N) is 1. The van der Waals surface area contributed by atoms with Crippen LogP contribution in [0.4, 0.5) is 0 Å². The summed E-state index contributed by atoms with van der Waals surface area (Å²) in [6, 6.07) is 10.7. The van der Waals surface area contributed by atoms with Crippen LogP contribution in [0.5, 0.6) is 0 Å². The fraction of sp³-hybridized carbons (Fsp3) is 0.357. The molecule has 0 amide bonds. The Morgan fingerprint density at radius 2 is 2.18 bits per heavy atom. The van der Waals surface area contributed by atoms with Gasteiger partial charge in [0.25, 0.3) is 0 Å². The van der Waals surface area contributed by atoms with E-state index in [1.54, 1.807) is 0 Å². The van der Waals surface area contributed by atoms with Crippen molar-refractivity contribution in [2.75, 3.05) is 6.54 Å². The van der Waals surface area contributed by atoms with Gasteiger partial charge in [-0.05, 0) is 31.5 Å². The summed E-state index contributed by atoms with van der Waals surface area (Å²) in [5.74, 6) is 0. The molecule has 90 valence electrons. The first kappa shape index (κ1) is 11.9. The van der Waals surface area contributed by atoms with Crippen molar-refractivity contribution in [2.45, 2.75) is 19.9 Å². The van der Waals surface area contributed by atoms with Crippen LogP contribution < -0.4 is 5.32 Å². The van der Waals surface area contributed by atoms with Crippen molar-refractivity contribution >= 4 is 0 Å². The van der Waals surface area contributed by atoms with Crippen LogP contribution in [0.25, 0.3) is 0 Å². The first-order valence-corrected chi connectivity index (χ1v) is 5.99. The van der Waals surface area contributed by atoms with Gasteiger partial charge in [0.1, 0.15) is 0 Å². The molecule has 0 unspecified atom stereocenters. The summed E-state index contributed by atoms with van der Waals surface area (Å²) < 4.78 is 1.83. The van der Waals surface area contributed by atoms with Gasteiger partial charge >= 0.3 is 0 Å². The lowest BCUT2D eigenvalue weighted by atomic mass is 10.1. The van der Waals surface area contributed by atoms with E-state index >= 15 is 0 Å². The minimum Gasteiger partial charge on any atom is -0.311 e. The van der Waals surface area contributed by atoms with Gasteiger partial charge in [0.2, 0.25) is 0 Å². The van der Waals surface area contributed by atoms with Gasteiger partial charge in [-0.2, -0.15) is 5.10 Å². The normalized spacial score (nSPS) is 10.7. The average molecular weight is 229 g/mol. The van der Waals surface area contributed by atoms with Gasteiger partial charge in [0.05, 0.1) is 5.69 Å². The standard InChI is InChI=1S/C14H19N3/c1-12-4-3-5-13(10-12)6-8-15-11-14-7-9-17(2)16-14/h3-5,7,9-10,15H,6,8,11H2,1-2H3. The van der Waals surface area contributed by atoms with E-state index in [0.29, 0.717) is 0 Å². The van der Waals surface area contributed by atoms with Gasteiger partial charge in [-0.3, -0.25) is 4.68 Å². The van der Waals surface area contributed by atoms with Crippen LogP contribution in [0.15, 0.2) is 36.5 Å². The fourth-order valence-corrected chi connectivity index (χ4v) is 1.87. The van der Waals surface area contributed by atoms with E-state index in [4.69, 9.17) is 0 Å². The number of hydrogen-bond donors (Lipinski definition) is 1. The molecule has 1 aromatic heterocycles. The lowest BCUT2D eigenvalue weighted by Gasteiger charge is -2.04. The lowest BCUT2D eigenvalue weighted by molar-refractivity contribution is 0.654. The monoisotopic (exact) mass is 229 g/mol. The molecular weight excluding hydrogens is 210 g/mol. The Kier molecular flexibility index (Phi) is 3.94. The van der Waals surface area contributed by atoms with Gasteiger partial charge in [-0.15, -0.1) is 0 Å². The molecule has 1 heterocycles. The first-order chi connectivity index (χ1) is 8.24. The second-order valence-corrected chi connectivity index (χ2v) is 4.40. The number of benzene rings is 1. The molecule has 0 bridgehead atoms. The number of nitrogens with zero attached hydrogens (tertiary/aromatic N) is 2. The van der Waals surface area contributed by atoms with Crippen molar-refractivity contribution in [1.82, 2.24) is 15.1 Å². The molecule has 0 aliphatic heterocycles. The van der Waals surface area contributed by atoms with Gasteiger partial charge in [0.15, 0.2) is 0 Å². The summed E-state index contributed by atoms with van der Waals surface area (Å²) in [5, 5.41) is 7.73. The number of aromatic nitrogens is 2. The second-order valence-electron chi connectivity index (χ2n) is 4.40. The fourth-order valence-electron chi connectivity index (χ4n) is 1.87. The Bertz CT molecular complexity index is 474. The molecule has 2 rings (SSSR count). The molecule has 0 atom stereocenters. The van der Waals surface area contributed by atoms with Crippen LogP contribution in [0, 0.1) is 6.92 Å². The molecule has 3 nitrogen and oxygen atoms in total. The maximum absolute atomic E-state index is 4.32. The molecule has 0 saturated carbocycles. The summed E-state index contributed by atoms with van der Waals surface area (Å²) in [6.45, 7) is 3.96. The van der Waals surface area contributed by atoms with E-state index in [-0.39, 0.29) is 0 Å². The Labute approximate surface area is 102 Å². The molecule has 0 spiro atoms. The van der Waals surface area contributed by atoms with Crippen LogP contribution >= 0.6 is 0 Å². The third-order valence-electron chi connectivity index (χ3n) is 2.75. The van der Waals surface area contributed by atoms with Crippen molar-refractivity contribution in [2.24, 2.45) is 7.05 Å². The largest absolute Gasteiger partial charge is 0.311 e. The topological polar surface area (TPSA) is 29.9 Å². The second kappa shape index (κ2) is 5.64. The molecule has 0 radical (unpaired) electrons. The molecular formula is C14H19N3. The molecule has 0 aliphatic rings.